The smallest absolute Gasteiger partial charge is 0.367 e. The SMILES string of the molecule is Cc1nn(CC(F)(F)F)c(C)c1[C@H](C)c1nc(COCC(F)(F)C(F)F)no1. The van der Waals surface area contributed by atoms with Crippen molar-refractivity contribution in [3.8, 4) is 0 Å². The predicted molar refractivity (Wildman–Crippen MR) is 80.2 cm³/mol. The molecule has 0 spiro atoms. The highest BCUT2D eigenvalue weighted by molar-refractivity contribution is 5.32. The molecule has 158 valence electrons. The van der Waals surface area contributed by atoms with E-state index in [9.17, 15) is 30.7 Å². The Morgan fingerprint density at radius 3 is 2.36 bits per heavy atom. The first-order chi connectivity index (χ1) is 12.8. The van der Waals surface area contributed by atoms with E-state index in [-0.39, 0.29) is 17.4 Å². The molecule has 13 heteroatoms. The molecule has 0 saturated heterocycles. The van der Waals surface area contributed by atoms with Gasteiger partial charge in [-0.3, -0.25) is 4.68 Å². The van der Waals surface area contributed by atoms with Gasteiger partial charge in [-0.2, -0.15) is 32.0 Å². The number of rotatable bonds is 8. The molecule has 28 heavy (non-hydrogen) atoms. The van der Waals surface area contributed by atoms with E-state index in [1.165, 1.54) is 13.8 Å². The van der Waals surface area contributed by atoms with Gasteiger partial charge in [-0.05, 0) is 20.8 Å². The molecule has 0 amide bonds. The van der Waals surface area contributed by atoms with E-state index in [2.05, 4.69) is 20.0 Å². The van der Waals surface area contributed by atoms with Crippen molar-refractivity contribution in [3.63, 3.8) is 0 Å². The zero-order chi connectivity index (χ0) is 21.3. The maximum Gasteiger partial charge on any atom is 0.408 e. The molecular weight excluding hydrogens is 401 g/mol. The Kier molecular flexibility index (Phi) is 6.36. The van der Waals surface area contributed by atoms with E-state index in [0.717, 1.165) is 4.68 Å². The zero-order valence-corrected chi connectivity index (χ0v) is 15.0. The molecule has 1 atom stereocenters. The average molecular weight is 418 g/mol. The van der Waals surface area contributed by atoms with Gasteiger partial charge in [-0.15, -0.1) is 0 Å². The van der Waals surface area contributed by atoms with Crippen molar-refractivity contribution in [1.82, 2.24) is 19.9 Å². The number of aryl methyl sites for hydroxylation is 1. The maximum absolute atomic E-state index is 12.8. The monoisotopic (exact) mass is 418 g/mol. The molecule has 0 saturated carbocycles. The largest absolute Gasteiger partial charge is 0.408 e. The van der Waals surface area contributed by atoms with Gasteiger partial charge in [0.15, 0.2) is 5.82 Å². The summed E-state index contributed by atoms with van der Waals surface area (Å²) in [7, 11) is 0. The maximum atomic E-state index is 12.8. The third kappa shape index (κ3) is 5.20. The fraction of sp³-hybridized carbons (Fsp3) is 0.667. The topological polar surface area (TPSA) is 66.0 Å². The minimum atomic E-state index is -4.45. The zero-order valence-electron chi connectivity index (χ0n) is 15.0. The lowest BCUT2D eigenvalue weighted by Crippen LogP contribution is -2.32. The number of hydrogen-bond donors (Lipinski definition) is 0. The number of aromatic nitrogens is 4. The van der Waals surface area contributed by atoms with Gasteiger partial charge in [-0.1, -0.05) is 5.16 Å². The lowest BCUT2D eigenvalue weighted by atomic mass is 9.99. The van der Waals surface area contributed by atoms with Gasteiger partial charge in [0, 0.05) is 11.3 Å². The Morgan fingerprint density at radius 2 is 1.79 bits per heavy atom. The minimum absolute atomic E-state index is 0.00280. The van der Waals surface area contributed by atoms with Crippen LogP contribution in [0.25, 0.3) is 0 Å². The number of nitrogens with zero attached hydrogens (tertiary/aromatic N) is 4. The fourth-order valence-corrected chi connectivity index (χ4v) is 2.63. The van der Waals surface area contributed by atoms with Crippen LogP contribution in [0.3, 0.4) is 0 Å². The lowest BCUT2D eigenvalue weighted by molar-refractivity contribution is -0.168. The van der Waals surface area contributed by atoms with Crippen molar-refractivity contribution in [2.75, 3.05) is 6.61 Å². The molecule has 0 aliphatic rings. The van der Waals surface area contributed by atoms with Crippen LogP contribution >= 0.6 is 0 Å². The van der Waals surface area contributed by atoms with E-state index in [1.54, 1.807) is 6.92 Å². The molecular formula is C15H17F7N4O2. The molecule has 0 N–H and O–H groups in total. The van der Waals surface area contributed by atoms with Gasteiger partial charge in [0.05, 0.1) is 11.6 Å². The summed E-state index contributed by atoms with van der Waals surface area (Å²) in [6, 6.07) is 0. The molecule has 2 aromatic rings. The van der Waals surface area contributed by atoms with E-state index < -0.39 is 44.2 Å². The van der Waals surface area contributed by atoms with Crippen LogP contribution in [-0.2, 0) is 17.9 Å². The molecule has 0 unspecified atom stereocenters. The summed E-state index contributed by atoms with van der Waals surface area (Å²) in [5.41, 5.74) is 1.04. The van der Waals surface area contributed by atoms with E-state index in [0.29, 0.717) is 11.3 Å². The van der Waals surface area contributed by atoms with Gasteiger partial charge < -0.3 is 9.26 Å². The number of alkyl halides is 7. The average Bonchev–Trinajstić information content (AvgIpc) is 3.11. The highest BCUT2D eigenvalue weighted by Crippen LogP contribution is 2.30. The first-order valence-electron chi connectivity index (χ1n) is 7.98. The molecule has 0 aromatic carbocycles. The van der Waals surface area contributed by atoms with Crippen LogP contribution in [-0.4, -0.2) is 45.1 Å². The fourth-order valence-electron chi connectivity index (χ4n) is 2.63. The van der Waals surface area contributed by atoms with Crippen molar-refractivity contribution in [3.05, 3.63) is 28.7 Å². The molecule has 0 aliphatic carbocycles. The van der Waals surface area contributed by atoms with Gasteiger partial charge >= 0.3 is 18.5 Å². The summed E-state index contributed by atoms with van der Waals surface area (Å²) in [6.45, 7) is 1.21. The summed E-state index contributed by atoms with van der Waals surface area (Å²) < 4.78 is 97.9. The van der Waals surface area contributed by atoms with Gasteiger partial charge in [0.1, 0.15) is 19.8 Å². The molecule has 2 aromatic heterocycles. The van der Waals surface area contributed by atoms with E-state index in [1.807, 2.05) is 0 Å². The normalized spacial score (nSPS) is 14.1. The molecule has 0 radical (unpaired) electrons. The molecule has 2 rings (SSSR count). The summed E-state index contributed by atoms with van der Waals surface area (Å²) in [5.74, 6) is -5.10. The summed E-state index contributed by atoms with van der Waals surface area (Å²) in [4.78, 5) is 3.92. The molecule has 6 nitrogen and oxygen atoms in total. The minimum Gasteiger partial charge on any atom is -0.367 e. The molecule has 0 aliphatic heterocycles. The summed E-state index contributed by atoms with van der Waals surface area (Å²) >= 11 is 0. The second kappa shape index (κ2) is 8.05. The van der Waals surface area contributed by atoms with Crippen LogP contribution in [0.15, 0.2) is 4.52 Å². The highest BCUT2D eigenvalue weighted by atomic mass is 19.4. The van der Waals surface area contributed by atoms with Crippen LogP contribution in [0.1, 0.15) is 41.5 Å². The number of hydrogen-bond acceptors (Lipinski definition) is 5. The third-order valence-electron chi connectivity index (χ3n) is 3.90. The first kappa shape index (κ1) is 22.1. The molecule has 0 fully saturated rings. The van der Waals surface area contributed by atoms with Crippen molar-refractivity contribution in [2.24, 2.45) is 0 Å². The molecule has 0 bridgehead atoms. The Morgan fingerprint density at radius 1 is 1.14 bits per heavy atom. The van der Waals surface area contributed by atoms with Crippen molar-refractivity contribution in [2.45, 2.75) is 58.4 Å². The van der Waals surface area contributed by atoms with Crippen LogP contribution in [0.2, 0.25) is 0 Å². The second-order valence-corrected chi connectivity index (χ2v) is 6.18. The van der Waals surface area contributed by atoms with Crippen LogP contribution in [0.4, 0.5) is 30.7 Å². The Bertz CT molecular complexity index is 801. The van der Waals surface area contributed by atoms with Crippen molar-refractivity contribution >= 4 is 0 Å². The van der Waals surface area contributed by atoms with Crippen LogP contribution in [0.5, 0.6) is 0 Å². The van der Waals surface area contributed by atoms with Gasteiger partial charge in [0.2, 0.25) is 5.89 Å². The quantitative estimate of drug-likeness (QED) is 0.606. The Labute approximate surface area is 154 Å². The van der Waals surface area contributed by atoms with E-state index in [4.69, 9.17) is 4.52 Å². The standard InChI is InChI=1S/C15H17F7N4O2/c1-7(11-8(2)24-26(9(11)3)5-15(20,21)22)12-23-10(25-28-12)4-27-6-14(18,19)13(16)17/h7,13H,4-6H2,1-3H3/t7-/m0/s1. The Hall–Kier alpha value is -2.18. The van der Waals surface area contributed by atoms with Crippen molar-refractivity contribution < 1.29 is 40.0 Å². The first-order valence-corrected chi connectivity index (χ1v) is 7.98. The molecule has 2 heterocycles. The summed E-state index contributed by atoms with van der Waals surface area (Å²) in [6.07, 6.45) is -8.31. The predicted octanol–water partition coefficient (Wildman–Crippen LogP) is 4.01. The van der Waals surface area contributed by atoms with Crippen LogP contribution < -0.4 is 0 Å². The second-order valence-electron chi connectivity index (χ2n) is 6.18. The van der Waals surface area contributed by atoms with Gasteiger partial charge in [0.25, 0.3) is 0 Å². The highest BCUT2D eigenvalue weighted by Gasteiger charge is 2.41. The van der Waals surface area contributed by atoms with Gasteiger partial charge in [-0.25, -0.2) is 8.78 Å². The van der Waals surface area contributed by atoms with Crippen molar-refractivity contribution in [1.29, 1.82) is 0 Å². The third-order valence-corrected chi connectivity index (χ3v) is 3.90. The Balaban J connectivity index is 2.09. The number of halogens is 7. The number of ether oxygens (including phenoxy) is 1. The summed E-state index contributed by atoms with van der Waals surface area (Å²) in [5, 5.41) is 7.37. The van der Waals surface area contributed by atoms with Crippen LogP contribution in [0, 0.1) is 13.8 Å². The lowest BCUT2D eigenvalue weighted by Gasteiger charge is -2.14. The van der Waals surface area contributed by atoms with E-state index >= 15 is 0 Å².